The van der Waals surface area contributed by atoms with E-state index in [0.717, 1.165) is 34.7 Å². The molecular weight excluding hydrogens is 430 g/mol. The number of rotatable bonds is 7. The summed E-state index contributed by atoms with van der Waals surface area (Å²) in [5.41, 5.74) is 3.61. The topological polar surface area (TPSA) is 72.7 Å². The number of halogens is 1. The number of amides is 1. The number of thiazole rings is 1. The van der Waals surface area contributed by atoms with Crippen molar-refractivity contribution in [3.05, 3.63) is 81.6 Å². The van der Waals surface area contributed by atoms with Crippen LogP contribution in [-0.2, 0) is 13.0 Å². The molecule has 158 valence electrons. The molecule has 31 heavy (non-hydrogen) atoms. The van der Waals surface area contributed by atoms with E-state index in [1.807, 2.05) is 48.5 Å². The molecule has 0 saturated heterocycles. The third kappa shape index (κ3) is 4.68. The molecular formula is C23H22ClN5OS. The van der Waals surface area contributed by atoms with Gasteiger partial charge < -0.3 is 0 Å². The third-order valence-electron chi connectivity index (χ3n) is 4.77. The molecule has 4 rings (SSSR count). The lowest BCUT2D eigenvalue weighted by Gasteiger charge is -2.04. The Hall–Kier alpha value is -3.03. The molecule has 8 heteroatoms. The van der Waals surface area contributed by atoms with Gasteiger partial charge in [0, 0.05) is 11.1 Å². The second-order valence-corrected chi connectivity index (χ2v) is 8.55. The lowest BCUT2D eigenvalue weighted by atomic mass is 10.2. The van der Waals surface area contributed by atoms with Crippen LogP contribution in [0.3, 0.4) is 0 Å². The first-order valence-electron chi connectivity index (χ1n) is 10.1. The minimum absolute atomic E-state index is 0.314. The molecule has 1 amide bonds. The van der Waals surface area contributed by atoms with E-state index in [-0.39, 0.29) is 5.91 Å². The van der Waals surface area contributed by atoms with Gasteiger partial charge in [-0.2, -0.15) is 5.10 Å². The average Bonchev–Trinajstić information content (AvgIpc) is 3.29. The summed E-state index contributed by atoms with van der Waals surface area (Å²) in [7, 11) is 0. The Morgan fingerprint density at radius 2 is 1.94 bits per heavy atom. The molecule has 6 nitrogen and oxygen atoms in total. The first kappa shape index (κ1) is 21.2. The fourth-order valence-electron chi connectivity index (χ4n) is 3.34. The Morgan fingerprint density at radius 1 is 1.16 bits per heavy atom. The van der Waals surface area contributed by atoms with Gasteiger partial charge in [-0.05, 0) is 31.0 Å². The van der Waals surface area contributed by atoms with Crippen LogP contribution >= 0.6 is 22.9 Å². The van der Waals surface area contributed by atoms with Crippen LogP contribution in [0.15, 0.2) is 54.7 Å². The molecule has 0 aliphatic heterocycles. The van der Waals surface area contributed by atoms with E-state index in [4.69, 9.17) is 11.6 Å². The van der Waals surface area contributed by atoms with Crippen molar-refractivity contribution < 1.29 is 4.79 Å². The second kappa shape index (κ2) is 9.41. The van der Waals surface area contributed by atoms with Crippen molar-refractivity contribution in [3.8, 4) is 11.4 Å². The number of aromatic nitrogens is 4. The molecule has 0 bridgehead atoms. The first-order valence-corrected chi connectivity index (χ1v) is 11.3. The highest BCUT2D eigenvalue weighted by molar-refractivity contribution is 7.16. The van der Waals surface area contributed by atoms with Crippen LogP contribution < -0.4 is 5.32 Å². The summed E-state index contributed by atoms with van der Waals surface area (Å²) >= 11 is 8.01. The van der Waals surface area contributed by atoms with Gasteiger partial charge in [0.05, 0.1) is 23.5 Å². The van der Waals surface area contributed by atoms with E-state index in [1.54, 1.807) is 17.8 Å². The molecule has 3 heterocycles. The van der Waals surface area contributed by atoms with Gasteiger partial charge in [-0.15, -0.1) is 11.3 Å². The third-order valence-corrected chi connectivity index (χ3v) is 6.18. The fourth-order valence-corrected chi connectivity index (χ4v) is 4.72. The van der Waals surface area contributed by atoms with E-state index in [2.05, 4.69) is 27.3 Å². The van der Waals surface area contributed by atoms with Gasteiger partial charge in [-0.25, -0.2) is 9.67 Å². The minimum Gasteiger partial charge on any atom is -0.298 e. The Labute approximate surface area is 189 Å². The number of benzene rings is 1. The zero-order valence-electron chi connectivity index (χ0n) is 17.3. The highest BCUT2D eigenvalue weighted by atomic mass is 35.5. The van der Waals surface area contributed by atoms with Crippen molar-refractivity contribution in [2.45, 2.75) is 33.2 Å². The Bertz CT molecular complexity index is 1190. The number of aryl methyl sites for hydroxylation is 2. The number of hydrogen-bond donors (Lipinski definition) is 1. The number of carbonyl (C=O) groups excluding carboxylic acids is 1. The lowest BCUT2D eigenvalue weighted by Crippen LogP contribution is -2.13. The van der Waals surface area contributed by atoms with Crippen LogP contribution in [-0.4, -0.2) is 25.7 Å². The SMILES string of the molecule is CCCc1sc(NC(=O)c2c(C)nn(Cc3ccccc3)c2Cl)nc1-c1ccccn1. The summed E-state index contributed by atoms with van der Waals surface area (Å²) in [6, 6.07) is 15.6. The fraction of sp³-hybridized carbons (Fsp3) is 0.217. The maximum Gasteiger partial charge on any atom is 0.262 e. The zero-order valence-corrected chi connectivity index (χ0v) is 18.9. The molecule has 4 aromatic rings. The van der Waals surface area contributed by atoms with Gasteiger partial charge in [-0.3, -0.25) is 15.1 Å². The van der Waals surface area contributed by atoms with Gasteiger partial charge >= 0.3 is 0 Å². The standard InChI is InChI=1S/C23H22ClN5OS/c1-3-9-18-20(17-12-7-8-13-25-17)26-23(31-18)27-22(30)19-15(2)28-29(21(19)24)14-16-10-5-4-6-11-16/h4-8,10-13H,3,9,14H2,1-2H3,(H,26,27,30). The smallest absolute Gasteiger partial charge is 0.262 e. The summed E-state index contributed by atoms with van der Waals surface area (Å²) in [5, 5.41) is 8.22. The number of nitrogens with one attached hydrogen (secondary N) is 1. The van der Waals surface area contributed by atoms with Crippen molar-refractivity contribution in [2.24, 2.45) is 0 Å². The largest absolute Gasteiger partial charge is 0.298 e. The number of carbonyl (C=O) groups is 1. The number of anilines is 1. The Morgan fingerprint density at radius 3 is 2.65 bits per heavy atom. The highest BCUT2D eigenvalue weighted by Gasteiger charge is 2.22. The molecule has 0 spiro atoms. The molecule has 1 aromatic carbocycles. The molecule has 3 aromatic heterocycles. The van der Waals surface area contributed by atoms with Crippen LogP contribution in [0.25, 0.3) is 11.4 Å². The summed E-state index contributed by atoms with van der Waals surface area (Å²) in [6.45, 7) is 4.39. The molecule has 0 aliphatic carbocycles. The molecule has 1 N–H and O–H groups in total. The monoisotopic (exact) mass is 451 g/mol. The predicted octanol–water partition coefficient (Wildman–Crippen LogP) is 5.62. The van der Waals surface area contributed by atoms with E-state index < -0.39 is 0 Å². The van der Waals surface area contributed by atoms with Gasteiger partial charge in [0.25, 0.3) is 5.91 Å². The average molecular weight is 452 g/mol. The lowest BCUT2D eigenvalue weighted by molar-refractivity contribution is 0.102. The zero-order chi connectivity index (χ0) is 21.8. The second-order valence-electron chi connectivity index (χ2n) is 7.10. The van der Waals surface area contributed by atoms with E-state index in [1.165, 1.54) is 11.3 Å². The predicted molar refractivity (Wildman–Crippen MR) is 125 cm³/mol. The molecule has 0 saturated carbocycles. The Kier molecular flexibility index (Phi) is 6.44. The highest BCUT2D eigenvalue weighted by Crippen LogP contribution is 2.32. The van der Waals surface area contributed by atoms with Gasteiger partial charge in [-0.1, -0.05) is 61.3 Å². The molecule has 0 radical (unpaired) electrons. The summed E-state index contributed by atoms with van der Waals surface area (Å²) in [4.78, 5) is 23.2. The van der Waals surface area contributed by atoms with Crippen molar-refractivity contribution in [2.75, 3.05) is 5.32 Å². The van der Waals surface area contributed by atoms with Gasteiger partial charge in [0.2, 0.25) is 0 Å². The molecule has 0 aliphatic rings. The van der Waals surface area contributed by atoms with E-state index in [9.17, 15) is 4.79 Å². The molecule has 0 atom stereocenters. The number of pyridine rings is 1. The quantitative estimate of drug-likeness (QED) is 0.396. The summed E-state index contributed by atoms with van der Waals surface area (Å²) in [5.74, 6) is -0.314. The first-order chi connectivity index (χ1) is 15.1. The summed E-state index contributed by atoms with van der Waals surface area (Å²) in [6.07, 6.45) is 3.59. The van der Waals surface area contributed by atoms with Gasteiger partial charge in [0.15, 0.2) is 5.13 Å². The molecule has 0 fully saturated rings. The maximum absolute atomic E-state index is 13.0. The van der Waals surface area contributed by atoms with Crippen molar-refractivity contribution in [1.82, 2.24) is 19.7 Å². The minimum atomic E-state index is -0.314. The van der Waals surface area contributed by atoms with E-state index >= 15 is 0 Å². The summed E-state index contributed by atoms with van der Waals surface area (Å²) < 4.78 is 1.64. The maximum atomic E-state index is 13.0. The van der Waals surface area contributed by atoms with Crippen LogP contribution in [0, 0.1) is 6.92 Å². The van der Waals surface area contributed by atoms with Crippen LogP contribution in [0.5, 0.6) is 0 Å². The van der Waals surface area contributed by atoms with Crippen molar-refractivity contribution in [1.29, 1.82) is 0 Å². The number of nitrogens with zero attached hydrogens (tertiary/aromatic N) is 4. The van der Waals surface area contributed by atoms with Crippen LogP contribution in [0.4, 0.5) is 5.13 Å². The van der Waals surface area contributed by atoms with Crippen LogP contribution in [0.1, 0.15) is 39.8 Å². The molecule has 0 unspecified atom stereocenters. The van der Waals surface area contributed by atoms with Crippen molar-refractivity contribution in [3.63, 3.8) is 0 Å². The van der Waals surface area contributed by atoms with Gasteiger partial charge in [0.1, 0.15) is 10.8 Å². The number of hydrogen-bond acceptors (Lipinski definition) is 5. The van der Waals surface area contributed by atoms with Crippen molar-refractivity contribution >= 4 is 34.0 Å². The van der Waals surface area contributed by atoms with E-state index in [0.29, 0.717) is 28.1 Å². The van der Waals surface area contributed by atoms with Crippen LogP contribution in [0.2, 0.25) is 5.15 Å². The normalized spacial score (nSPS) is 10.9. The Balaban J connectivity index is 1.59.